The van der Waals surface area contributed by atoms with Gasteiger partial charge in [-0.1, -0.05) is 25.2 Å². The molecule has 0 aliphatic carbocycles. The van der Waals surface area contributed by atoms with Crippen molar-refractivity contribution in [3.63, 3.8) is 0 Å². The van der Waals surface area contributed by atoms with E-state index in [1.807, 2.05) is 24.3 Å². The predicted molar refractivity (Wildman–Crippen MR) is 78.8 cm³/mol. The molecule has 6 nitrogen and oxygen atoms in total. The van der Waals surface area contributed by atoms with Gasteiger partial charge in [-0.2, -0.15) is 4.52 Å². The van der Waals surface area contributed by atoms with Crippen LogP contribution in [-0.2, 0) is 0 Å². The zero-order valence-electron chi connectivity index (χ0n) is 11.3. The van der Waals surface area contributed by atoms with E-state index in [0.29, 0.717) is 28.4 Å². The first-order valence-corrected chi connectivity index (χ1v) is 7.16. The summed E-state index contributed by atoms with van der Waals surface area (Å²) in [6.07, 6.45) is 0. The van der Waals surface area contributed by atoms with Crippen molar-refractivity contribution < 1.29 is 4.74 Å². The van der Waals surface area contributed by atoms with Crippen LogP contribution in [0.15, 0.2) is 24.3 Å². The van der Waals surface area contributed by atoms with Crippen LogP contribution < -0.4 is 10.5 Å². The summed E-state index contributed by atoms with van der Waals surface area (Å²) in [5, 5.41) is 12.9. The molecule has 7 heteroatoms. The molecule has 3 aromatic rings. The van der Waals surface area contributed by atoms with Crippen molar-refractivity contribution in [2.24, 2.45) is 5.92 Å². The van der Waals surface area contributed by atoms with Gasteiger partial charge in [0, 0.05) is 5.56 Å². The second-order valence-corrected chi connectivity index (χ2v) is 5.88. The van der Waals surface area contributed by atoms with E-state index in [2.05, 4.69) is 29.1 Å². The molecule has 0 bridgehead atoms. The molecule has 2 heterocycles. The molecule has 2 aromatic heterocycles. The first-order chi connectivity index (χ1) is 9.63. The second kappa shape index (κ2) is 5.09. The fourth-order valence-corrected chi connectivity index (χ4v) is 2.38. The lowest BCUT2D eigenvalue weighted by atomic mass is 10.2. The minimum absolute atomic E-state index is 0.480. The van der Waals surface area contributed by atoms with Gasteiger partial charge in [0.1, 0.15) is 5.75 Å². The Morgan fingerprint density at radius 3 is 2.70 bits per heavy atom. The van der Waals surface area contributed by atoms with Crippen molar-refractivity contribution in [3.8, 4) is 17.1 Å². The molecule has 0 aliphatic rings. The summed E-state index contributed by atoms with van der Waals surface area (Å²) in [5.41, 5.74) is 6.60. The van der Waals surface area contributed by atoms with Gasteiger partial charge in [0.15, 0.2) is 5.82 Å². The lowest BCUT2D eigenvalue weighted by Crippen LogP contribution is -2.04. The Morgan fingerprint density at radius 1 is 1.25 bits per heavy atom. The van der Waals surface area contributed by atoms with Crippen molar-refractivity contribution in [2.75, 3.05) is 12.3 Å². The van der Waals surface area contributed by atoms with E-state index < -0.39 is 0 Å². The number of hydrogen-bond donors (Lipinski definition) is 1. The standard InChI is InChI=1S/C13H15N5OS/c1-8(2)7-19-10-5-3-9(4-6-10)11-15-16-13-18(11)17-12(14)20-13/h3-6,8H,7H2,1-2H3,(H2,14,17). The quantitative estimate of drug-likeness (QED) is 0.798. The van der Waals surface area contributed by atoms with Crippen LogP contribution in [0.2, 0.25) is 0 Å². The Bertz CT molecular complexity index is 716. The van der Waals surface area contributed by atoms with Crippen LogP contribution in [0.4, 0.5) is 5.13 Å². The lowest BCUT2D eigenvalue weighted by Gasteiger charge is -2.08. The van der Waals surface area contributed by atoms with E-state index in [4.69, 9.17) is 10.5 Å². The number of nitrogens with zero attached hydrogens (tertiary/aromatic N) is 4. The summed E-state index contributed by atoms with van der Waals surface area (Å²) in [5.74, 6) is 2.04. The number of aromatic nitrogens is 4. The maximum Gasteiger partial charge on any atom is 0.236 e. The molecule has 0 aliphatic heterocycles. The molecule has 0 saturated heterocycles. The average Bonchev–Trinajstić information content (AvgIpc) is 2.96. The maximum atomic E-state index is 5.67. The summed E-state index contributed by atoms with van der Waals surface area (Å²) in [6.45, 7) is 4.94. The molecule has 0 fully saturated rings. The molecule has 0 spiro atoms. The third-order valence-electron chi connectivity index (χ3n) is 2.70. The summed E-state index contributed by atoms with van der Waals surface area (Å²) in [6, 6.07) is 7.74. The molecule has 1 aromatic carbocycles. The van der Waals surface area contributed by atoms with Gasteiger partial charge < -0.3 is 10.5 Å². The molecule has 20 heavy (non-hydrogen) atoms. The zero-order valence-corrected chi connectivity index (χ0v) is 12.1. The Labute approximate surface area is 120 Å². The SMILES string of the molecule is CC(C)COc1ccc(-c2nnc3sc(N)nn23)cc1. The Morgan fingerprint density at radius 2 is 2.00 bits per heavy atom. The van der Waals surface area contributed by atoms with Gasteiger partial charge >= 0.3 is 0 Å². The fraction of sp³-hybridized carbons (Fsp3) is 0.308. The molecule has 0 amide bonds. The number of rotatable bonds is 4. The van der Waals surface area contributed by atoms with Crippen molar-refractivity contribution in [1.29, 1.82) is 0 Å². The third kappa shape index (κ3) is 2.44. The van der Waals surface area contributed by atoms with E-state index in [0.717, 1.165) is 11.3 Å². The van der Waals surface area contributed by atoms with Crippen molar-refractivity contribution >= 4 is 21.4 Å². The first kappa shape index (κ1) is 12.9. The monoisotopic (exact) mass is 289 g/mol. The van der Waals surface area contributed by atoms with E-state index in [1.165, 1.54) is 11.3 Å². The highest BCUT2D eigenvalue weighted by Gasteiger charge is 2.12. The molecule has 0 radical (unpaired) electrons. The molecule has 0 atom stereocenters. The Kier molecular flexibility index (Phi) is 3.27. The van der Waals surface area contributed by atoms with E-state index >= 15 is 0 Å². The van der Waals surface area contributed by atoms with Gasteiger partial charge in [-0.25, -0.2) is 0 Å². The first-order valence-electron chi connectivity index (χ1n) is 6.34. The van der Waals surface area contributed by atoms with Gasteiger partial charge in [-0.15, -0.1) is 15.3 Å². The molecule has 104 valence electrons. The van der Waals surface area contributed by atoms with Crippen LogP contribution in [0.3, 0.4) is 0 Å². The smallest absolute Gasteiger partial charge is 0.236 e. The number of ether oxygens (including phenoxy) is 1. The van der Waals surface area contributed by atoms with E-state index in [9.17, 15) is 0 Å². The van der Waals surface area contributed by atoms with Gasteiger partial charge in [0.2, 0.25) is 10.1 Å². The number of hydrogen-bond acceptors (Lipinski definition) is 6. The number of nitrogens with two attached hydrogens (primary N) is 1. The molecule has 3 rings (SSSR count). The number of benzene rings is 1. The topological polar surface area (TPSA) is 78.3 Å². The highest BCUT2D eigenvalue weighted by Crippen LogP contribution is 2.24. The fourth-order valence-electron chi connectivity index (χ4n) is 1.77. The maximum absolute atomic E-state index is 5.67. The highest BCUT2D eigenvalue weighted by atomic mass is 32.1. The average molecular weight is 289 g/mol. The number of nitrogen functional groups attached to an aromatic ring is 1. The summed E-state index contributed by atoms with van der Waals surface area (Å²) >= 11 is 1.31. The van der Waals surface area contributed by atoms with Crippen LogP contribution in [0.1, 0.15) is 13.8 Å². The third-order valence-corrected chi connectivity index (χ3v) is 3.43. The Hall–Kier alpha value is -2.15. The summed E-state index contributed by atoms with van der Waals surface area (Å²) in [4.78, 5) is 0.692. The van der Waals surface area contributed by atoms with Gasteiger partial charge in [-0.3, -0.25) is 0 Å². The van der Waals surface area contributed by atoms with Gasteiger partial charge in [0.25, 0.3) is 0 Å². The highest BCUT2D eigenvalue weighted by molar-refractivity contribution is 7.20. The molecular weight excluding hydrogens is 274 g/mol. The van der Waals surface area contributed by atoms with Crippen molar-refractivity contribution in [2.45, 2.75) is 13.8 Å². The molecule has 0 saturated carbocycles. The van der Waals surface area contributed by atoms with E-state index in [1.54, 1.807) is 4.52 Å². The minimum atomic E-state index is 0.480. The van der Waals surface area contributed by atoms with Crippen molar-refractivity contribution in [3.05, 3.63) is 24.3 Å². The van der Waals surface area contributed by atoms with E-state index in [-0.39, 0.29) is 0 Å². The summed E-state index contributed by atoms with van der Waals surface area (Å²) in [7, 11) is 0. The molecular formula is C13H15N5OS. The van der Waals surface area contributed by atoms with Gasteiger partial charge in [0.05, 0.1) is 6.61 Å². The van der Waals surface area contributed by atoms with Crippen LogP contribution in [0, 0.1) is 5.92 Å². The summed E-state index contributed by atoms with van der Waals surface area (Å²) < 4.78 is 7.31. The Balaban J connectivity index is 1.87. The second-order valence-electron chi connectivity index (χ2n) is 4.89. The van der Waals surface area contributed by atoms with Crippen LogP contribution in [0.25, 0.3) is 16.3 Å². The molecule has 0 unspecified atom stereocenters. The van der Waals surface area contributed by atoms with Crippen LogP contribution >= 0.6 is 11.3 Å². The minimum Gasteiger partial charge on any atom is -0.493 e. The van der Waals surface area contributed by atoms with Crippen LogP contribution in [-0.4, -0.2) is 26.4 Å². The van der Waals surface area contributed by atoms with Gasteiger partial charge in [-0.05, 0) is 30.2 Å². The lowest BCUT2D eigenvalue weighted by molar-refractivity contribution is 0.271. The predicted octanol–water partition coefficient (Wildman–Crippen LogP) is 2.47. The van der Waals surface area contributed by atoms with Crippen LogP contribution in [0.5, 0.6) is 5.75 Å². The number of anilines is 1. The van der Waals surface area contributed by atoms with Crippen molar-refractivity contribution in [1.82, 2.24) is 19.8 Å². The molecule has 2 N–H and O–H groups in total. The number of fused-ring (bicyclic) bond motifs is 1. The largest absolute Gasteiger partial charge is 0.493 e. The zero-order chi connectivity index (χ0) is 14.1. The normalized spacial score (nSPS) is 11.3.